The second kappa shape index (κ2) is 21.9. The molecule has 2 amide bonds. The highest BCUT2D eigenvalue weighted by atomic mass is 32.2. The Balaban J connectivity index is 0.000000196. The monoisotopic (exact) mass is 911 g/mol. The average Bonchev–Trinajstić information content (AvgIpc) is 3.89. The van der Waals surface area contributed by atoms with Crippen LogP contribution in [0.5, 0.6) is 23.1 Å². The number of carbonyl (C=O) groups is 2. The van der Waals surface area contributed by atoms with Crippen molar-refractivity contribution in [2.24, 2.45) is 0 Å². The molecule has 1 radical (unpaired) electrons. The van der Waals surface area contributed by atoms with E-state index in [1.54, 1.807) is 41.3 Å². The first-order valence-corrected chi connectivity index (χ1v) is 20.3. The Hall–Kier alpha value is -6.94. The number of halogens is 5. The van der Waals surface area contributed by atoms with Gasteiger partial charge in [-0.15, -0.1) is 5.10 Å². The third-order valence-electron chi connectivity index (χ3n) is 9.30. The highest BCUT2D eigenvalue weighted by Crippen LogP contribution is 2.32. The van der Waals surface area contributed by atoms with Crippen LogP contribution in [0.3, 0.4) is 0 Å². The zero-order chi connectivity index (χ0) is 45.0. The van der Waals surface area contributed by atoms with Crippen LogP contribution in [0.1, 0.15) is 29.9 Å². The molecule has 2 aliphatic rings. The standard InChI is InChI=1S/C20H18FN3O2.C15H14F3N3O5S.C6H5BFO2.CH4/c21-15-6-4-5-14(11-15)20-17-12-24(10-9-18(17)22-23-20)19(25)13-26-16-7-2-1-3-8-16;16-15(17,18)27(23,24)26-14-11-8-21(7-6-12(11)19-20-14)13(22)9-25-10-4-2-1-3-5-10;8-5-2-1-3-6(4-5)10-7-9;/h1-8,11H,9-10,12-13H2,(H,22,23);1-5H,6-9H2,(H,19,20);1-4,9H;1H4. The average molecular weight is 912 g/mol. The Labute approximate surface area is 365 Å². The van der Waals surface area contributed by atoms with Gasteiger partial charge in [0.05, 0.1) is 17.8 Å². The van der Waals surface area contributed by atoms with E-state index in [0.29, 0.717) is 55.6 Å². The van der Waals surface area contributed by atoms with Crippen molar-refractivity contribution in [3.63, 3.8) is 0 Å². The van der Waals surface area contributed by atoms with Gasteiger partial charge in [-0.1, -0.05) is 62.0 Å². The van der Waals surface area contributed by atoms with E-state index in [-0.39, 0.29) is 69.0 Å². The minimum atomic E-state index is -5.85. The second-order valence-corrected chi connectivity index (χ2v) is 15.1. The Morgan fingerprint density at radius 2 is 1.20 bits per heavy atom. The summed E-state index contributed by atoms with van der Waals surface area (Å²) < 4.78 is 105. The molecule has 0 bridgehead atoms. The molecule has 22 heteroatoms. The zero-order valence-electron chi connectivity index (χ0n) is 32.9. The van der Waals surface area contributed by atoms with Crippen molar-refractivity contribution >= 4 is 29.6 Å². The lowest BCUT2D eigenvalue weighted by molar-refractivity contribution is -0.135. The predicted octanol–water partition coefficient (Wildman–Crippen LogP) is 6.15. The normalized spacial score (nSPS) is 13.0. The number of amides is 2. The molecule has 4 heterocycles. The Morgan fingerprint density at radius 3 is 1.73 bits per heavy atom. The van der Waals surface area contributed by atoms with Crippen molar-refractivity contribution in [2.45, 2.75) is 38.9 Å². The number of fused-ring (bicyclic) bond motifs is 2. The van der Waals surface area contributed by atoms with Crippen LogP contribution in [0.25, 0.3) is 11.3 Å². The van der Waals surface area contributed by atoms with Crippen LogP contribution >= 0.6 is 0 Å². The molecular formula is C42H41BF5N6O9S. The highest BCUT2D eigenvalue weighted by Gasteiger charge is 2.49. The Bertz CT molecular complexity index is 2590. The molecule has 15 nitrogen and oxygen atoms in total. The molecule has 0 aliphatic carbocycles. The maximum atomic E-state index is 13.5. The molecule has 0 saturated heterocycles. The van der Waals surface area contributed by atoms with Gasteiger partial charge in [0.2, 0.25) is 0 Å². The quantitative estimate of drug-likeness (QED) is 0.0586. The van der Waals surface area contributed by atoms with E-state index in [4.69, 9.17) is 14.5 Å². The van der Waals surface area contributed by atoms with Gasteiger partial charge in [0.25, 0.3) is 17.7 Å². The predicted molar refractivity (Wildman–Crippen MR) is 222 cm³/mol. The van der Waals surface area contributed by atoms with Crippen LogP contribution in [0.15, 0.2) is 109 Å². The van der Waals surface area contributed by atoms with Crippen molar-refractivity contribution in [3.8, 4) is 34.4 Å². The van der Waals surface area contributed by atoms with E-state index in [9.17, 15) is 40.0 Å². The highest BCUT2D eigenvalue weighted by molar-refractivity contribution is 7.88. The van der Waals surface area contributed by atoms with E-state index in [1.165, 1.54) is 41.3 Å². The van der Waals surface area contributed by atoms with Crippen LogP contribution < -0.4 is 18.3 Å². The van der Waals surface area contributed by atoms with Gasteiger partial charge in [0, 0.05) is 61.1 Å². The number of nitrogens with one attached hydrogen (secondary N) is 2. The molecule has 0 saturated carbocycles. The molecule has 2 aliphatic heterocycles. The number of ether oxygens (including phenoxy) is 2. The Kier molecular flexibility index (Phi) is 16.5. The van der Waals surface area contributed by atoms with Gasteiger partial charge < -0.3 is 33.1 Å². The van der Waals surface area contributed by atoms with E-state index >= 15 is 0 Å². The summed E-state index contributed by atoms with van der Waals surface area (Å²) in [7, 11) is -5.34. The first kappa shape index (κ1) is 48.1. The van der Waals surface area contributed by atoms with Crippen LogP contribution in [0.4, 0.5) is 22.0 Å². The minimum absolute atomic E-state index is 0. The number of benzene rings is 4. The van der Waals surface area contributed by atoms with Gasteiger partial charge in [-0.05, 0) is 48.5 Å². The maximum absolute atomic E-state index is 13.5. The number of aromatic nitrogens is 4. The molecule has 0 unspecified atom stereocenters. The van der Waals surface area contributed by atoms with Gasteiger partial charge in [0.1, 0.15) is 28.9 Å². The fraction of sp³-hybridized carbons (Fsp3) is 0.238. The molecule has 64 heavy (non-hydrogen) atoms. The van der Waals surface area contributed by atoms with Gasteiger partial charge in [0.15, 0.2) is 13.2 Å². The molecule has 337 valence electrons. The number of alkyl halides is 3. The molecule has 4 aromatic carbocycles. The number of aromatic amines is 2. The minimum Gasteiger partial charge on any atom is -0.537 e. The number of para-hydroxylation sites is 2. The number of H-pyrrole nitrogens is 2. The summed E-state index contributed by atoms with van der Waals surface area (Å²) in [5.74, 6) is -0.458. The molecule has 0 fully saturated rings. The summed E-state index contributed by atoms with van der Waals surface area (Å²) in [5.41, 5.74) is -1.74. The lowest BCUT2D eigenvalue weighted by atomic mass is 10.0. The van der Waals surface area contributed by atoms with Crippen molar-refractivity contribution in [1.29, 1.82) is 0 Å². The van der Waals surface area contributed by atoms with Crippen LogP contribution in [-0.2, 0) is 45.6 Å². The van der Waals surface area contributed by atoms with Crippen LogP contribution in [-0.4, -0.2) is 94.9 Å². The van der Waals surface area contributed by atoms with E-state index < -0.39 is 27.4 Å². The van der Waals surface area contributed by atoms with Crippen molar-refractivity contribution < 1.29 is 63.3 Å². The molecule has 6 aromatic rings. The fourth-order valence-electron chi connectivity index (χ4n) is 6.19. The Morgan fingerprint density at radius 1 is 0.703 bits per heavy atom. The summed E-state index contributed by atoms with van der Waals surface area (Å²) >= 11 is 0. The summed E-state index contributed by atoms with van der Waals surface area (Å²) in [6.45, 7) is 0.896. The maximum Gasteiger partial charge on any atom is 0.569 e. The van der Waals surface area contributed by atoms with E-state index in [0.717, 1.165) is 11.3 Å². The number of nitrogens with zero attached hydrogens (tertiary/aromatic N) is 4. The first-order valence-electron chi connectivity index (χ1n) is 18.9. The van der Waals surface area contributed by atoms with Gasteiger partial charge in [-0.25, -0.2) is 8.78 Å². The van der Waals surface area contributed by atoms with Crippen molar-refractivity contribution in [1.82, 2.24) is 30.2 Å². The molecule has 3 N–H and O–H groups in total. The SMILES string of the molecule is C.O=C(COc1ccccc1)N1CCc2[nH]nc(-c3cccc(F)c3)c2C1.O=C(COc1ccccc1)N1CCc2[nH]nc(OS(=O)(=O)C(F)(F)F)c2C1.O[B]Oc1cccc(F)c1. The largest absolute Gasteiger partial charge is 0.569 e. The van der Waals surface area contributed by atoms with Crippen LogP contribution in [0.2, 0.25) is 0 Å². The third kappa shape index (κ3) is 12.8. The van der Waals surface area contributed by atoms with Gasteiger partial charge in [-0.2, -0.15) is 26.7 Å². The number of hydrogen-bond acceptors (Lipinski definition) is 11. The summed E-state index contributed by atoms with van der Waals surface area (Å²) in [6, 6.07) is 29.7. The van der Waals surface area contributed by atoms with Crippen molar-refractivity contribution in [2.75, 3.05) is 26.3 Å². The molecular weight excluding hydrogens is 870 g/mol. The summed E-state index contributed by atoms with van der Waals surface area (Å²) in [5, 5.41) is 21.4. The van der Waals surface area contributed by atoms with Gasteiger partial charge in [-0.3, -0.25) is 19.8 Å². The number of hydrogen-bond donors (Lipinski definition) is 3. The second-order valence-electron chi connectivity index (χ2n) is 13.5. The number of rotatable bonds is 11. The summed E-state index contributed by atoms with van der Waals surface area (Å²) in [6.07, 6.45) is 0.948. The third-order valence-corrected chi connectivity index (χ3v) is 10.2. The smallest absolute Gasteiger partial charge is 0.537 e. The molecule has 2 aromatic heterocycles. The molecule has 8 rings (SSSR count). The number of carbonyl (C=O) groups excluding carboxylic acids is 2. The lowest BCUT2D eigenvalue weighted by Gasteiger charge is -2.27. The first-order chi connectivity index (χ1) is 30.2. The lowest BCUT2D eigenvalue weighted by Crippen LogP contribution is -2.39. The zero-order valence-corrected chi connectivity index (χ0v) is 33.7. The topological polar surface area (TPSA) is 189 Å². The molecule has 0 atom stereocenters. The fourth-order valence-corrected chi connectivity index (χ4v) is 6.63. The van der Waals surface area contributed by atoms with E-state index in [2.05, 4.69) is 29.2 Å². The molecule has 0 spiro atoms. The summed E-state index contributed by atoms with van der Waals surface area (Å²) in [4.78, 5) is 27.9. The van der Waals surface area contributed by atoms with Crippen LogP contribution in [0, 0.1) is 11.6 Å². The van der Waals surface area contributed by atoms with E-state index in [1.807, 2.05) is 36.4 Å². The van der Waals surface area contributed by atoms with Crippen molar-refractivity contribution in [3.05, 3.63) is 143 Å². The van der Waals surface area contributed by atoms with Gasteiger partial charge >= 0.3 is 23.3 Å².